The zero-order chi connectivity index (χ0) is 13.7. The number of nitrogens with one attached hydrogen (secondary N) is 1. The van der Waals surface area contributed by atoms with E-state index in [1.54, 1.807) is 0 Å². The van der Waals surface area contributed by atoms with E-state index in [-0.39, 0.29) is 0 Å². The maximum atomic E-state index is 5.77. The first kappa shape index (κ1) is 14.5. The molecule has 2 rings (SSSR count). The summed E-state index contributed by atoms with van der Waals surface area (Å²) < 4.78 is 8.05. The number of hydrogen-bond acceptors (Lipinski definition) is 3. The van der Waals surface area contributed by atoms with Crippen LogP contribution in [0.2, 0.25) is 0 Å². The van der Waals surface area contributed by atoms with Crippen LogP contribution in [0.3, 0.4) is 0 Å². The Morgan fingerprint density at radius 1 is 1.53 bits per heavy atom. The maximum absolute atomic E-state index is 5.77. The second-order valence-corrected chi connectivity index (χ2v) is 5.93. The van der Waals surface area contributed by atoms with Gasteiger partial charge < -0.3 is 14.6 Å². The van der Waals surface area contributed by atoms with Crippen molar-refractivity contribution in [2.75, 3.05) is 13.2 Å². The lowest BCUT2D eigenvalue weighted by molar-refractivity contribution is 0.0833. The summed E-state index contributed by atoms with van der Waals surface area (Å²) >= 11 is 0. The number of rotatable bonds is 7. The minimum atomic E-state index is 0.430. The first-order valence-electron chi connectivity index (χ1n) is 7.52. The van der Waals surface area contributed by atoms with Gasteiger partial charge >= 0.3 is 0 Å². The first-order valence-corrected chi connectivity index (χ1v) is 7.52. The van der Waals surface area contributed by atoms with Crippen molar-refractivity contribution in [1.82, 2.24) is 14.9 Å². The molecule has 0 bridgehead atoms. The Morgan fingerprint density at radius 3 is 3.11 bits per heavy atom. The van der Waals surface area contributed by atoms with Crippen LogP contribution in [-0.2, 0) is 17.8 Å². The molecule has 2 atom stereocenters. The van der Waals surface area contributed by atoms with E-state index in [1.165, 1.54) is 12.1 Å². The fraction of sp³-hybridized carbons (Fsp3) is 0.800. The summed E-state index contributed by atoms with van der Waals surface area (Å²) in [6.07, 6.45) is 6.65. The molecule has 108 valence electrons. The van der Waals surface area contributed by atoms with Crippen molar-refractivity contribution in [3.8, 4) is 0 Å². The van der Waals surface area contributed by atoms with Gasteiger partial charge in [0.05, 0.1) is 18.1 Å². The Morgan fingerprint density at radius 2 is 2.37 bits per heavy atom. The minimum absolute atomic E-state index is 0.430. The molecular weight excluding hydrogens is 238 g/mol. The van der Waals surface area contributed by atoms with Crippen LogP contribution >= 0.6 is 0 Å². The van der Waals surface area contributed by atoms with Gasteiger partial charge in [-0.3, -0.25) is 0 Å². The molecule has 0 aromatic carbocycles. The quantitative estimate of drug-likeness (QED) is 0.823. The molecule has 4 nitrogen and oxygen atoms in total. The Labute approximate surface area is 116 Å². The lowest BCUT2D eigenvalue weighted by Gasteiger charge is -2.19. The van der Waals surface area contributed by atoms with Crippen LogP contribution < -0.4 is 5.32 Å². The fourth-order valence-electron chi connectivity index (χ4n) is 2.75. The lowest BCUT2D eigenvalue weighted by Crippen LogP contribution is -2.24. The topological polar surface area (TPSA) is 39.1 Å². The van der Waals surface area contributed by atoms with E-state index in [2.05, 4.69) is 35.6 Å². The van der Waals surface area contributed by atoms with Gasteiger partial charge in [0.1, 0.15) is 0 Å². The highest BCUT2D eigenvalue weighted by atomic mass is 16.5. The molecule has 0 spiro atoms. The molecule has 1 aliphatic heterocycles. The van der Waals surface area contributed by atoms with Crippen molar-refractivity contribution in [2.24, 2.45) is 11.8 Å². The third kappa shape index (κ3) is 4.05. The van der Waals surface area contributed by atoms with Gasteiger partial charge in [0, 0.05) is 31.8 Å². The molecule has 2 heterocycles. The average molecular weight is 265 g/mol. The molecule has 1 fully saturated rings. The van der Waals surface area contributed by atoms with Gasteiger partial charge in [0.15, 0.2) is 0 Å². The predicted octanol–water partition coefficient (Wildman–Crippen LogP) is 2.44. The summed E-state index contributed by atoms with van der Waals surface area (Å²) in [6.45, 7) is 10.6. The molecule has 1 N–H and O–H groups in total. The minimum Gasteiger partial charge on any atom is -0.378 e. The van der Waals surface area contributed by atoms with Crippen LogP contribution in [0.1, 0.15) is 39.3 Å². The van der Waals surface area contributed by atoms with E-state index in [4.69, 9.17) is 4.74 Å². The molecule has 0 radical (unpaired) electrons. The number of ether oxygens (including phenoxy) is 1. The third-order valence-corrected chi connectivity index (χ3v) is 3.84. The largest absolute Gasteiger partial charge is 0.378 e. The van der Waals surface area contributed by atoms with Crippen LogP contribution in [0.15, 0.2) is 12.5 Å². The highest BCUT2D eigenvalue weighted by Crippen LogP contribution is 2.25. The van der Waals surface area contributed by atoms with Crippen molar-refractivity contribution in [2.45, 2.75) is 52.8 Å². The van der Waals surface area contributed by atoms with E-state index in [9.17, 15) is 0 Å². The van der Waals surface area contributed by atoms with Crippen molar-refractivity contribution < 1.29 is 4.74 Å². The molecular formula is C15H27N3O. The van der Waals surface area contributed by atoms with E-state index < -0.39 is 0 Å². The van der Waals surface area contributed by atoms with Crippen molar-refractivity contribution in [3.05, 3.63) is 18.2 Å². The molecule has 1 aliphatic rings. The predicted molar refractivity (Wildman–Crippen MR) is 76.9 cm³/mol. The normalized spacial score (nSPS) is 23.4. The summed E-state index contributed by atoms with van der Waals surface area (Å²) in [5, 5.41) is 3.49. The van der Waals surface area contributed by atoms with Crippen LogP contribution in [0, 0.1) is 11.8 Å². The second-order valence-electron chi connectivity index (χ2n) is 5.93. The number of nitrogens with zero attached hydrogens (tertiary/aromatic N) is 2. The molecule has 0 saturated carbocycles. The Kier molecular flexibility index (Phi) is 5.40. The van der Waals surface area contributed by atoms with E-state index in [1.807, 2.05) is 12.5 Å². The van der Waals surface area contributed by atoms with Crippen molar-refractivity contribution >= 4 is 0 Å². The van der Waals surface area contributed by atoms with Gasteiger partial charge in [-0.1, -0.05) is 20.8 Å². The van der Waals surface area contributed by atoms with E-state index >= 15 is 0 Å². The lowest BCUT2D eigenvalue weighted by atomic mass is 9.99. The molecule has 1 aromatic heterocycles. The van der Waals surface area contributed by atoms with E-state index in [0.717, 1.165) is 32.7 Å². The maximum Gasteiger partial charge on any atom is 0.0948 e. The van der Waals surface area contributed by atoms with Gasteiger partial charge in [0.2, 0.25) is 0 Å². The zero-order valence-electron chi connectivity index (χ0n) is 12.4. The summed E-state index contributed by atoms with van der Waals surface area (Å²) in [5.41, 5.74) is 1.28. The summed E-state index contributed by atoms with van der Waals surface area (Å²) in [4.78, 5) is 4.29. The van der Waals surface area contributed by atoms with Gasteiger partial charge in [-0.2, -0.15) is 0 Å². The Balaban J connectivity index is 1.88. The molecule has 0 amide bonds. The fourth-order valence-corrected chi connectivity index (χ4v) is 2.75. The van der Waals surface area contributed by atoms with Crippen LogP contribution in [0.5, 0.6) is 0 Å². The SMILES string of the molecule is CCC1OCCC1Cn1cncc1CNCC(C)C. The summed E-state index contributed by atoms with van der Waals surface area (Å²) in [7, 11) is 0. The monoisotopic (exact) mass is 265 g/mol. The molecule has 19 heavy (non-hydrogen) atoms. The van der Waals surface area contributed by atoms with Crippen molar-refractivity contribution in [1.29, 1.82) is 0 Å². The van der Waals surface area contributed by atoms with Gasteiger partial charge in [-0.25, -0.2) is 4.98 Å². The van der Waals surface area contributed by atoms with Gasteiger partial charge in [0.25, 0.3) is 0 Å². The van der Waals surface area contributed by atoms with Gasteiger partial charge in [-0.15, -0.1) is 0 Å². The summed E-state index contributed by atoms with van der Waals surface area (Å²) in [6, 6.07) is 0. The average Bonchev–Trinajstić information content (AvgIpc) is 2.99. The standard InChI is InChI=1S/C15H27N3O/c1-4-15-13(5-6-19-15)10-18-11-17-9-14(18)8-16-7-12(2)3/h9,11-13,15-16H,4-8,10H2,1-3H3. The molecule has 1 aromatic rings. The number of hydrogen-bond donors (Lipinski definition) is 1. The van der Waals surface area contributed by atoms with Gasteiger partial charge in [-0.05, 0) is 25.3 Å². The zero-order valence-corrected chi connectivity index (χ0v) is 12.4. The Hall–Kier alpha value is -0.870. The highest BCUT2D eigenvalue weighted by Gasteiger charge is 2.27. The van der Waals surface area contributed by atoms with Crippen molar-refractivity contribution in [3.63, 3.8) is 0 Å². The number of imidazole rings is 1. The third-order valence-electron chi connectivity index (χ3n) is 3.84. The smallest absolute Gasteiger partial charge is 0.0948 e. The van der Waals surface area contributed by atoms with E-state index in [0.29, 0.717) is 17.9 Å². The van der Waals surface area contributed by atoms with Crippen LogP contribution in [0.25, 0.3) is 0 Å². The van der Waals surface area contributed by atoms with Crippen LogP contribution in [-0.4, -0.2) is 28.8 Å². The molecule has 0 aliphatic carbocycles. The first-order chi connectivity index (χ1) is 9.20. The summed E-state index contributed by atoms with van der Waals surface area (Å²) in [5.74, 6) is 1.33. The second kappa shape index (κ2) is 7.06. The number of aromatic nitrogens is 2. The molecule has 1 saturated heterocycles. The molecule has 2 unspecified atom stereocenters. The van der Waals surface area contributed by atoms with Crippen LogP contribution in [0.4, 0.5) is 0 Å². The highest BCUT2D eigenvalue weighted by molar-refractivity contribution is 4.98. The molecule has 4 heteroatoms. The Bertz CT molecular complexity index is 375.